The second kappa shape index (κ2) is 6.79. The van der Waals surface area contributed by atoms with Crippen LogP contribution in [-0.2, 0) is 0 Å². The van der Waals surface area contributed by atoms with Crippen molar-refractivity contribution in [2.75, 3.05) is 31.1 Å². The summed E-state index contributed by atoms with van der Waals surface area (Å²) in [4.78, 5) is 20.7. The lowest BCUT2D eigenvalue weighted by Gasteiger charge is -2.24. The molecule has 0 unspecified atom stereocenters. The lowest BCUT2D eigenvalue weighted by molar-refractivity contribution is 0.0767. The lowest BCUT2D eigenvalue weighted by Crippen LogP contribution is -2.35. The maximum Gasteiger partial charge on any atom is 0.253 e. The van der Waals surface area contributed by atoms with E-state index in [9.17, 15) is 4.79 Å². The number of aromatic nitrogens is 1. The molecule has 0 saturated carbocycles. The molecule has 22 heavy (non-hydrogen) atoms. The van der Waals surface area contributed by atoms with Gasteiger partial charge < -0.3 is 9.80 Å². The monoisotopic (exact) mass is 315 g/mol. The van der Waals surface area contributed by atoms with Gasteiger partial charge in [-0.15, -0.1) is 0 Å². The largest absolute Gasteiger partial charge is 0.368 e. The number of benzene rings is 1. The predicted octanol–water partition coefficient (Wildman–Crippen LogP) is 3.09. The maximum absolute atomic E-state index is 12.5. The zero-order valence-electron chi connectivity index (χ0n) is 12.3. The van der Waals surface area contributed by atoms with Crippen LogP contribution in [0.1, 0.15) is 16.8 Å². The normalized spacial score (nSPS) is 15.5. The minimum Gasteiger partial charge on any atom is -0.368 e. The molecule has 0 atom stereocenters. The number of nitrogens with zero attached hydrogens (tertiary/aromatic N) is 3. The summed E-state index contributed by atoms with van der Waals surface area (Å²) in [6.45, 7) is 3.14. The van der Waals surface area contributed by atoms with Gasteiger partial charge in [-0.2, -0.15) is 0 Å². The summed E-state index contributed by atoms with van der Waals surface area (Å²) in [7, 11) is 0. The Balaban J connectivity index is 1.70. The van der Waals surface area contributed by atoms with Crippen molar-refractivity contribution in [3.63, 3.8) is 0 Å². The Labute approximate surface area is 135 Å². The van der Waals surface area contributed by atoms with Crippen LogP contribution < -0.4 is 4.90 Å². The molecule has 1 aliphatic rings. The molecule has 1 saturated heterocycles. The Hall–Kier alpha value is -2.07. The van der Waals surface area contributed by atoms with E-state index in [1.165, 1.54) is 0 Å². The highest BCUT2D eigenvalue weighted by Gasteiger charge is 2.21. The molecule has 4 nitrogen and oxygen atoms in total. The molecule has 3 rings (SSSR count). The van der Waals surface area contributed by atoms with Crippen LogP contribution in [0.4, 0.5) is 5.69 Å². The number of amides is 1. The quantitative estimate of drug-likeness (QED) is 0.854. The molecule has 0 spiro atoms. The topological polar surface area (TPSA) is 36.4 Å². The van der Waals surface area contributed by atoms with E-state index in [0.29, 0.717) is 11.6 Å². The fraction of sp³-hybridized carbons (Fsp3) is 0.294. The highest BCUT2D eigenvalue weighted by molar-refractivity contribution is 6.33. The van der Waals surface area contributed by atoms with Crippen LogP contribution in [0.5, 0.6) is 0 Å². The first-order valence-electron chi connectivity index (χ1n) is 7.44. The summed E-state index contributed by atoms with van der Waals surface area (Å²) in [5.41, 5.74) is 1.74. The van der Waals surface area contributed by atoms with Crippen molar-refractivity contribution < 1.29 is 4.79 Å². The summed E-state index contributed by atoms with van der Waals surface area (Å²) in [5, 5.41) is 0.658. The number of hydrogen-bond donors (Lipinski definition) is 0. The Kier molecular flexibility index (Phi) is 4.59. The number of halogens is 1. The fourth-order valence-electron chi connectivity index (χ4n) is 2.75. The molecular weight excluding hydrogens is 298 g/mol. The van der Waals surface area contributed by atoms with E-state index in [4.69, 9.17) is 11.6 Å². The van der Waals surface area contributed by atoms with E-state index in [1.807, 2.05) is 41.3 Å². The average molecular weight is 316 g/mol. The van der Waals surface area contributed by atoms with E-state index < -0.39 is 0 Å². The summed E-state index contributed by atoms with van der Waals surface area (Å²) < 4.78 is 0. The summed E-state index contributed by atoms with van der Waals surface area (Å²) in [5.74, 6) is 0.100. The number of rotatable bonds is 2. The number of anilines is 1. The number of pyridine rings is 1. The van der Waals surface area contributed by atoms with E-state index >= 15 is 0 Å². The second-order valence-electron chi connectivity index (χ2n) is 5.33. The van der Waals surface area contributed by atoms with Crippen LogP contribution >= 0.6 is 11.6 Å². The second-order valence-corrected chi connectivity index (χ2v) is 5.73. The third kappa shape index (κ3) is 3.22. The summed E-state index contributed by atoms with van der Waals surface area (Å²) >= 11 is 6.22. The fourth-order valence-corrected chi connectivity index (χ4v) is 2.99. The van der Waals surface area contributed by atoms with Gasteiger partial charge in [0.15, 0.2) is 0 Å². The molecule has 2 heterocycles. The van der Waals surface area contributed by atoms with Gasteiger partial charge in [0.1, 0.15) is 0 Å². The molecule has 0 N–H and O–H groups in total. The van der Waals surface area contributed by atoms with Crippen LogP contribution in [0, 0.1) is 0 Å². The van der Waals surface area contributed by atoms with Gasteiger partial charge in [0.25, 0.3) is 5.91 Å². The first-order chi connectivity index (χ1) is 10.8. The lowest BCUT2D eigenvalue weighted by atomic mass is 10.2. The van der Waals surface area contributed by atoms with Crippen molar-refractivity contribution in [2.45, 2.75) is 6.42 Å². The van der Waals surface area contributed by atoms with Crippen LogP contribution in [0.2, 0.25) is 5.02 Å². The molecule has 1 aromatic carbocycles. The van der Waals surface area contributed by atoms with Crippen LogP contribution in [0.25, 0.3) is 0 Å². The molecule has 2 aromatic rings. The smallest absolute Gasteiger partial charge is 0.253 e. The van der Waals surface area contributed by atoms with E-state index in [0.717, 1.165) is 37.3 Å². The molecule has 1 amide bonds. The van der Waals surface area contributed by atoms with Crippen molar-refractivity contribution in [3.05, 3.63) is 59.4 Å². The van der Waals surface area contributed by atoms with Crippen molar-refractivity contribution in [2.24, 2.45) is 0 Å². The number of carbonyl (C=O) groups excluding carboxylic acids is 1. The number of carbonyl (C=O) groups is 1. The van der Waals surface area contributed by atoms with Gasteiger partial charge in [0.2, 0.25) is 0 Å². The van der Waals surface area contributed by atoms with Crippen molar-refractivity contribution in [1.82, 2.24) is 9.88 Å². The van der Waals surface area contributed by atoms with Gasteiger partial charge in [-0.1, -0.05) is 29.8 Å². The van der Waals surface area contributed by atoms with Gasteiger partial charge in [0, 0.05) is 44.1 Å². The van der Waals surface area contributed by atoms with E-state index in [-0.39, 0.29) is 5.91 Å². The van der Waals surface area contributed by atoms with Gasteiger partial charge >= 0.3 is 0 Å². The zero-order valence-corrected chi connectivity index (χ0v) is 13.0. The summed E-state index contributed by atoms with van der Waals surface area (Å²) in [6.07, 6.45) is 4.34. The Bertz CT molecular complexity index is 647. The van der Waals surface area contributed by atoms with Crippen LogP contribution in [0.15, 0.2) is 48.8 Å². The minimum atomic E-state index is 0.100. The van der Waals surface area contributed by atoms with Crippen molar-refractivity contribution >= 4 is 23.2 Å². The summed E-state index contributed by atoms with van der Waals surface area (Å²) in [6, 6.07) is 11.4. The van der Waals surface area contributed by atoms with Crippen molar-refractivity contribution in [3.8, 4) is 0 Å². The van der Waals surface area contributed by atoms with Gasteiger partial charge in [-0.05, 0) is 24.6 Å². The maximum atomic E-state index is 12.5. The van der Waals surface area contributed by atoms with Crippen LogP contribution in [0.3, 0.4) is 0 Å². The van der Waals surface area contributed by atoms with Crippen molar-refractivity contribution in [1.29, 1.82) is 0 Å². The van der Waals surface area contributed by atoms with E-state index in [1.54, 1.807) is 12.4 Å². The average Bonchev–Trinajstić information content (AvgIpc) is 2.81. The first-order valence-corrected chi connectivity index (χ1v) is 7.82. The third-order valence-corrected chi connectivity index (χ3v) is 4.19. The predicted molar refractivity (Wildman–Crippen MR) is 88.4 cm³/mol. The molecule has 0 aliphatic carbocycles. The van der Waals surface area contributed by atoms with Gasteiger partial charge in [-0.25, -0.2) is 0 Å². The molecule has 1 fully saturated rings. The zero-order chi connectivity index (χ0) is 15.4. The molecule has 0 bridgehead atoms. The molecular formula is C17H18ClN3O. The third-order valence-electron chi connectivity index (χ3n) is 3.90. The molecule has 1 aliphatic heterocycles. The Morgan fingerprint density at radius 2 is 1.86 bits per heavy atom. The number of hydrogen-bond acceptors (Lipinski definition) is 3. The van der Waals surface area contributed by atoms with Gasteiger partial charge in [0.05, 0.1) is 10.7 Å². The highest BCUT2D eigenvalue weighted by atomic mass is 35.5. The van der Waals surface area contributed by atoms with E-state index in [2.05, 4.69) is 9.88 Å². The van der Waals surface area contributed by atoms with Crippen LogP contribution in [-0.4, -0.2) is 42.0 Å². The Morgan fingerprint density at radius 1 is 1.05 bits per heavy atom. The SMILES string of the molecule is O=C(c1ccccc1)N1CCCN(c2ccncc2Cl)CC1. The molecule has 1 aromatic heterocycles. The standard InChI is InChI=1S/C17H18ClN3O/c18-15-13-19-8-7-16(15)20-9-4-10-21(12-11-20)17(22)14-5-2-1-3-6-14/h1-3,5-8,13H,4,9-12H2. The molecule has 114 valence electrons. The highest BCUT2D eigenvalue weighted by Crippen LogP contribution is 2.25. The first kappa shape index (κ1) is 14.9. The van der Waals surface area contributed by atoms with Gasteiger partial charge in [-0.3, -0.25) is 9.78 Å². The molecule has 5 heteroatoms. The Morgan fingerprint density at radius 3 is 2.64 bits per heavy atom. The minimum absolute atomic E-state index is 0.100. The molecule has 0 radical (unpaired) electrons.